The number of hydrogen-bond acceptors (Lipinski definition) is 2. The van der Waals surface area contributed by atoms with Crippen LogP contribution in [0.4, 0.5) is 4.39 Å². The molecule has 0 amide bonds. The summed E-state index contributed by atoms with van der Waals surface area (Å²) in [5.41, 5.74) is 0.740. The minimum absolute atomic E-state index is 0.0378. The first-order valence-electron chi connectivity index (χ1n) is 7.06. The summed E-state index contributed by atoms with van der Waals surface area (Å²) in [5.74, 6) is 0.533. The highest BCUT2D eigenvalue weighted by molar-refractivity contribution is 5.20. The van der Waals surface area contributed by atoms with Crippen molar-refractivity contribution in [1.82, 2.24) is 10.2 Å². The van der Waals surface area contributed by atoms with E-state index in [9.17, 15) is 4.39 Å². The van der Waals surface area contributed by atoms with Crippen LogP contribution in [0.2, 0.25) is 0 Å². The first kappa shape index (κ1) is 16.1. The van der Waals surface area contributed by atoms with Crippen LogP contribution >= 0.6 is 0 Å². The summed E-state index contributed by atoms with van der Waals surface area (Å²) in [6.07, 6.45) is 1.14. The van der Waals surface area contributed by atoms with E-state index in [1.807, 2.05) is 19.1 Å². The molecule has 0 heterocycles. The number of nitrogens with zero attached hydrogens (tertiary/aromatic N) is 1. The van der Waals surface area contributed by atoms with Crippen molar-refractivity contribution in [1.29, 1.82) is 0 Å². The van der Waals surface area contributed by atoms with Crippen molar-refractivity contribution < 1.29 is 4.39 Å². The minimum Gasteiger partial charge on any atom is -0.309 e. The van der Waals surface area contributed by atoms with Gasteiger partial charge in [-0.25, -0.2) is 4.39 Å². The fourth-order valence-corrected chi connectivity index (χ4v) is 2.27. The van der Waals surface area contributed by atoms with Crippen LogP contribution in [0.5, 0.6) is 0 Å². The SMILES string of the molecule is CC(C)CC(CNC(C)c1ccccc1F)N(C)C. The maximum Gasteiger partial charge on any atom is 0.127 e. The Morgan fingerprint density at radius 2 is 1.79 bits per heavy atom. The third-order valence-corrected chi connectivity index (χ3v) is 3.51. The molecule has 0 aromatic heterocycles. The Balaban J connectivity index is 2.57. The molecule has 2 nitrogen and oxygen atoms in total. The van der Waals surface area contributed by atoms with E-state index in [4.69, 9.17) is 0 Å². The van der Waals surface area contributed by atoms with Crippen molar-refractivity contribution in [2.75, 3.05) is 20.6 Å². The van der Waals surface area contributed by atoms with Gasteiger partial charge in [-0.3, -0.25) is 0 Å². The molecule has 0 saturated heterocycles. The third kappa shape index (κ3) is 5.29. The zero-order valence-corrected chi connectivity index (χ0v) is 12.8. The normalized spacial score (nSPS) is 14.9. The Labute approximate surface area is 117 Å². The van der Waals surface area contributed by atoms with Gasteiger partial charge in [0.2, 0.25) is 0 Å². The highest BCUT2D eigenvalue weighted by Gasteiger charge is 2.16. The van der Waals surface area contributed by atoms with Gasteiger partial charge in [-0.15, -0.1) is 0 Å². The number of halogens is 1. The molecule has 0 radical (unpaired) electrons. The Bertz CT molecular complexity index is 377. The van der Waals surface area contributed by atoms with E-state index in [1.54, 1.807) is 6.07 Å². The van der Waals surface area contributed by atoms with Crippen LogP contribution < -0.4 is 5.32 Å². The molecule has 1 aromatic carbocycles. The molecule has 0 fully saturated rings. The second-order valence-corrected chi connectivity index (χ2v) is 5.90. The fraction of sp³-hybridized carbons (Fsp3) is 0.625. The molecule has 1 aromatic rings. The van der Waals surface area contributed by atoms with Crippen LogP contribution in [0.1, 0.15) is 38.8 Å². The first-order valence-corrected chi connectivity index (χ1v) is 7.06. The van der Waals surface area contributed by atoms with Crippen molar-refractivity contribution in [2.45, 2.75) is 39.3 Å². The van der Waals surface area contributed by atoms with Crippen molar-refractivity contribution in [2.24, 2.45) is 5.92 Å². The van der Waals surface area contributed by atoms with E-state index in [0.717, 1.165) is 18.5 Å². The van der Waals surface area contributed by atoms with E-state index in [1.165, 1.54) is 6.07 Å². The van der Waals surface area contributed by atoms with Crippen LogP contribution in [-0.2, 0) is 0 Å². The molecule has 0 saturated carbocycles. The molecule has 108 valence electrons. The lowest BCUT2D eigenvalue weighted by Gasteiger charge is -2.28. The monoisotopic (exact) mass is 266 g/mol. The van der Waals surface area contributed by atoms with Gasteiger partial charge in [0.05, 0.1) is 0 Å². The first-order chi connectivity index (χ1) is 8.91. The Hall–Kier alpha value is -0.930. The van der Waals surface area contributed by atoms with Crippen LogP contribution in [0.15, 0.2) is 24.3 Å². The maximum atomic E-state index is 13.7. The highest BCUT2D eigenvalue weighted by atomic mass is 19.1. The summed E-state index contributed by atoms with van der Waals surface area (Å²) in [6, 6.07) is 7.50. The molecule has 0 aliphatic heterocycles. The van der Waals surface area contributed by atoms with Crippen LogP contribution in [-0.4, -0.2) is 31.6 Å². The maximum absolute atomic E-state index is 13.7. The van der Waals surface area contributed by atoms with E-state index in [2.05, 4.69) is 38.2 Å². The second-order valence-electron chi connectivity index (χ2n) is 5.90. The molecule has 0 spiro atoms. The lowest BCUT2D eigenvalue weighted by Crippen LogP contribution is -2.39. The van der Waals surface area contributed by atoms with Crippen molar-refractivity contribution >= 4 is 0 Å². The molecule has 2 atom stereocenters. The van der Waals surface area contributed by atoms with Crippen molar-refractivity contribution in [3.63, 3.8) is 0 Å². The predicted octanol–water partition coefficient (Wildman–Crippen LogP) is 3.45. The van der Waals surface area contributed by atoms with E-state index < -0.39 is 0 Å². The lowest BCUT2D eigenvalue weighted by atomic mass is 10.0. The predicted molar refractivity (Wildman–Crippen MR) is 79.7 cm³/mol. The molecule has 1 N–H and O–H groups in total. The zero-order chi connectivity index (χ0) is 14.4. The van der Waals surface area contributed by atoms with Gasteiger partial charge in [0.1, 0.15) is 5.82 Å². The number of hydrogen-bond donors (Lipinski definition) is 1. The summed E-state index contributed by atoms with van der Waals surface area (Å²) in [6.45, 7) is 7.36. The quantitative estimate of drug-likeness (QED) is 0.813. The van der Waals surface area contributed by atoms with Gasteiger partial charge < -0.3 is 10.2 Å². The van der Waals surface area contributed by atoms with Gasteiger partial charge in [-0.2, -0.15) is 0 Å². The summed E-state index contributed by atoms with van der Waals surface area (Å²) in [4.78, 5) is 2.24. The third-order valence-electron chi connectivity index (χ3n) is 3.51. The smallest absolute Gasteiger partial charge is 0.127 e. The number of rotatable bonds is 7. The molecule has 19 heavy (non-hydrogen) atoms. The molecule has 0 aliphatic carbocycles. The van der Waals surface area contributed by atoms with Crippen molar-refractivity contribution in [3.05, 3.63) is 35.6 Å². The standard InChI is InChI=1S/C16H27FN2/c1-12(2)10-14(19(4)5)11-18-13(3)15-8-6-7-9-16(15)17/h6-9,12-14,18H,10-11H2,1-5H3. The zero-order valence-electron chi connectivity index (χ0n) is 12.8. The van der Waals surface area contributed by atoms with Gasteiger partial charge in [-0.1, -0.05) is 32.0 Å². The molecular weight excluding hydrogens is 239 g/mol. The molecular formula is C16H27FN2. The molecule has 0 aliphatic rings. The van der Waals surface area contributed by atoms with E-state index in [-0.39, 0.29) is 11.9 Å². The summed E-state index contributed by atoms with van der Waals surface area (Å²) in [5, 5.41) is 3.44. The van der Waals surface area contributed by atoms with Gasteiger partial charge >= 0.3 is 0 Å². The van der Waals surface area contributed by atoms with Crippen molar-refractivity contribution in [3.8, 4) is 0 Å². The molecule has 3 heteroatoms. The lowest BCUT2D eigenvalue weighted by molar-refractivity contribution is 0.241. The number of likely N-dealkylation sites (N-methyl/N-ethyl adjacent to an activating group) is 1. The van der Waals surface area contributed by atoms with Crippen LogP contribution in [0.3, 0.4) is 0 Å². The second kappa shape index (κ2) is 7.61. The van der Waals surface area contributed by atoms with Gasteiger partial charge in [-0.05, 0) is 39.4 Å². The van der Waals surface area contributed by atoms with E-state index in [0.29, 0.717) is 12.0 Å². The molecule has 0 bridgehead atoms. The summed E-state index contributed by atoms with van der Waals surface area (Å²) >= 11 is 0. The Morgan fingerprint density at radius 1 is 1.16 bits per heavy atom. The summed E-state index contributed by atoms with van der Waals surface area (Å²) < 4.78 is 13.7. The van der Waals surface area contributed by atoms with Gasteiger partial charge in [0.25, 0.3) is 0 Å². The largest absolute Gasteiger partial charge is 0.309 e. The van der Waals surface area contributed by atoms with E-state index >= 15 is 0 Å². The highest BCUT2D eigenvalue weighted by Crippen LogP contribution is 2.17. The average Bonchev–Trinajstić information content (AvgIpc) is 2.34. The van der Waals surface area contributed by atoms with Gasteiger partial charge in [0.15, 0.2) is 0 Å². The molecule has 1 rings (SSSR count). The van der Waals surface area contributed by atoms with Crippen LogP contribution in [0.25, 0.3) is 0 Å². The van der Waals surface area contributed by atoms with Crippen LogP contribution in [0, 0.1) is 11.7 Å². The molecule has 2 unspecified atom stereocenters. The number of nitrogens with one attached hydrogen (secondary N) is 1. The fourth-order valence-electron chi connectivity index (χ4n) is 2.27. The van der Waals surface area contributed by atoms with Gasteiger partial charge in [0, 0.05) is 24.2 Å². The Kier molecular flexibility index (Phi) is 6.46. The topological polar surface area (TPSA) is 15.3 Å². The average molecular weight is 266 g/mol. The number of benzene rings is 1. The summed E-state index contributed by atoms with van der Waals surface area (Å²) in [7, 11) is 4.20. The minimum atomic E-state index is -0.132. The Morgan fingerprint density at radius 3 is 2.32 bits per heavy atom.